The number of benzene rings is 1. The van der Waals surface area contributed by atoms with Crippen molar-refractivity contribution in [1.29, 1.82) is 0 Å². The summed E-state index contributed by atoms with van der Waals surface area (Å²) in [6.45, 7) is 5.27. The predicted molar refractivity (Wildman–Crippen MR) is 119 cm³/mol. The molecular formula is C27H40F2O. The summed E-state index contributed by atoms with van der Waals surface area (Å²) in [5.41, 5.74) is 2.19. The first kappa shape index (κ1) is 22.2. The van der Waals surface area contributed by atoms with Crippen molar-refractivity contribution in [2.75, 3.05) is 6.61 Å². The molecule has 4 rings (SSSR count). The van der Waals surface area contributed by atoms with Crippen molar-refractivity contribution in [3.63, 3.8) is 0 Å². The van der Waals surface area contributed by atoms with E-state index in [-0.39, 0.29) is 17.6 Å². The van der Waals surface area contributed by atoms with E-state index >= 15 is 8.78 Å². The summed E-state index contributed by atoms with van der Waals surface area (Å²) in [6.07, 6.45) is 14.1. The van der Waals surface area contributed by atoms with Gasteiger partial charge in [-0.25, -0.2) is 8.78 Å². The quantitative estimate of drug-likeness (QED) is 0.411. The van der Waals surface area contributed by atoms with Crippen LogP contribution in [0.3, 0.4) is 0 Å². The molecular weight excluding hydrogens is 378 g/mol. The van der Waals surface area contributed by atoms with E-state index in [1.807, 2.05) is 0 Å². The average molecular weight is 419 g/mol. The van der Waals surface area contributed by atoms with Crippen LogP contribution in [0.1, 0.15) is 107 Å². The predicted octanol–water partition coefficient (Wildman–Crippen LogP) is 7.74. The minimum Gasteiger partial charge on any atom is -0.378 e. The van der Waals surface area contributed by atoms with Crippen LogP contribution in [0, 0.1) is 29.4 Å². The minimum absolute atomic E-state index is 0.0578. The number of fused-ring (bicyclic) bond motifs is 2. The van der Waals surface area contributed by atoms with E-state index in [1.54, 1.807) is 6.07 Å². The number of hydrogen-bond acceptors (Lipinski definition) is 1. The molecule has 3 heteroatoms. The van der Waals surface area contributed by atoms with E-state index < -0.39 is 0 Å². The topological polar surface area (TPSA) is 9.23 Å². The van der Waals surface area contributed by atoms with E-state index in [1.165, 1.54) is 12.8 Å². The molecule has 168 valence electrons. The zero-order valence-corrected chi connectivity index (χ0v) is 19.0. The van der Waals surface area contributed by atoms with E-state index in [0.717, 1.165) is 88.4 Å². The second-order valence-corrected chi connectivity index (χ2v) is 10.3. The first-order valence-electron chi connectivity index (χ1n) is 12.7. The summed E-state index contributed by atoms with van der Waals surface area (Å²) in [5, 5.41) is 0. The van der Waals surface area contributed by atoms with Crippen LogP contribution in [-0.4, -0.2) is 12.7 Å². The Balaban J connectivity index is 1.43. The molecule has 1 aromatic rings. The zero-order valence-electron chi connectivity index (χ0n) is 19.0. The summed E-state index contributed by atoms with van der Waals surface area (Å²) in [6, 6.07) is 1.69. The molecule has 0 saturated heterocycles. The third kappa shape index (κ3) is 4.76. The normalized spacial score (nSPS) is 31.3. The van der Waals surface area contributed by atoms with Crippen molar-refractivity contribution in [2.45, 2.75) is 109 Å². The van der Waals surface area contributed by atoms with Gasteiger partial charge in [0.25, 0.3) is 0 Å². The second-order valence-electron chi connectivity index (χ2n) is 10.3. The van der Waals surface area contributed by atoms with Crippen LogP contribution in [0.2, 0.25) is 0 Å². The van der Waals surface area contributed by atoms with Gasteiger partial charge in [0, 0.05) is 12.2 Å². The maximum atomic E-state index is 15.5. The highest BCUT2D eigenvalue weighted by Crippen LogP contribution is 2.48. The molecule has 1 nitrogen and oxygen atoms in total. The fourth-order valence-corrected chi connectivity index (χ4v) is 6.62. The standard InChI is InChI=1S/C27H40F2O/c1-3-5-13-30-23-11-10-19-15-21(9-8-20(19)16-23)26-25(28)17-22-14-18(6-4-2)7-12-24(22)27(26)29/h17-21,23H,3-16H2,1-2H3. The van der Waals surface area contributed by atoms with Crippen molar-refractivity contribution in [1.82, 2.24) is 0 Å². The van der Waals surface area contributed by atoms with Gasteiger partial charge in [-0.05, 0) is 105 Å². The number of ether oxygens (including phenoxy) is 1. The van der Waals surface area contributed by atoms with Crippen molar-refractivity contribution < 1.29 is 13.5 Å². The SMILES string of the molecule is CCCCOC1CCC2CC(c3c(F)cc4c(c3F)CCC(CCC)C4)CCC2C1. The van der Waals surface area contributed by atoms with E-state index in [0.29, 0.717) is 29.4 Å². The molecule has 0 spiro atoms. The van der Waals surface area contributed by atoms with Gasteiger partial charge >= 0.3 is 0 Å². The lowest BCUT2D eigenvalue weighted by Crippen LogP contribution is -2.34. The molecule has 2 saturated carbocycles. The summed E-state index contributed by atoms with van der Waals surface area (Å²) >= 11 is 0. The van der Waals surface area contributed by atoms with Gasteiger partial charge in [-0.15, -0.1) is 0 Å². The summed E-state index contributed by atoms with van der Waals surface area (Å²) < 4.78 is 36.7. The first-order chi connectivity index (χ1) is 14.6. The molecule has 0 N–H and O–H groups in total. The monoisotopic (exact) mass is 418 g/mol. The molecule has 2 fully saturated rings. The maximum Gasteiger partial charge on any atom is 0.133 e. The van der Waals surface area contributed by atoms with E-state index in [2.05, 4.69) is 13.8 Å². The second kappa shape index (κ2) is 10.1. The van der Waals surface area contributed by atoms with Crippen LogP contribution in [0.15, 0.2) is 6.07 Å². The highest BCUT2D eigenvalue weighted by molar-refractivity contribution is 5.39. The number of unbranched alkanes of at least 4 members (excludes halogenated alkanes) is 1. The van der Waals surface area contributed by atoms with Crippen LogP contribution in [0.5, 0.6) is 0 Å². The zero-order chi connectivity index (χ0) is 21.1. The molecule has 0 bridgehead atoms. The van der Waals surface area contributed by atoms with Crippen LogP contribution in [0.25, 0.3) is 0 Å². The molecule has 30 heavy (non-hydrogen) atoms. The Morgan fingerprint density at radius 1 is 0.967 bits per heavy atom. The molecule has 5 unspecified atom stereocenters. The number of halogens is 2. The number of hydrogen-bond donors (Lipinski definition) is 0. The first-order valence-corrected chi connectivity index (χ1v) is 12.7. The third-order valence-electron chi connectivity index (χ3n) is 8.28. The molecule has 1 aromatic carbocycles. The molecule has 0 aromatic heterocycles. The van der Waals surface area contributed by atoms with Crippen molar-refractivity contribution in [3.8, 4) is 0 Å². The van der Waals surface area contributed by atoms with Gasteiger partial charge in [-0.2, -0.15) is 0 Å². The minimum atomic E-state index is -0.275. The van der Waals surface area contributed by atoms with Crippen LogP contribution in [0.4, 0.5) is 8.78 Å². The van der Waals surface area contributed by atoms with Crippen molar-refractivity contribution in [2.24, 2.45) is 17.8 Å². The fourth-order valence-electron chi connectivity index (χ4n) is 6.62. The highest BCUT2D eigenvalue weighted by atomic mass is 19.1. The molecule has 3 aliphatic carbocycles. The van der Waals surface area contributed by atoms with Crippen molar-refractivity contribution >= 4 is 0 Å². The van der Waals surface area contributed by atoms with Crippen molar-refractivity contribution in [3.05, 3.63) is 34.4 Å². The highest BCUT2D eigenvalue weighted by Gasteiger charge is 2.38. The Labute approximate surface area is 182 Å². The molecule has 0 amide bonds. The Bertz CT molecular complexity index is 715. The smallest absolute Gasteiger partial charge is 0.133 e. The van der Waals surface area contributed by atoms with Crippen LogP contribution >= 0.6 is 0 Å². The lowest BCUT2D eigenvalue weighted by Gasteiger charge is -2.42. The van der Waals surface area contributed by atoms with E-state index in [4.69, 9.17) is 4.74 Å². The molecule has 3 aliphatic rings. The molecule has 0 heterocycles. The largest absolute Gasteiger partial charge is 0.378 e. The Kier molecular flexibility index (Phi) is 7.49. The summed E-state index contributed by atoms with van der Waals surface area (Å²) in [4.78, 5) is 0. The maximum absolute atomic E-state index is 15.5. The van der Waals surface area contributed by atoms with Gasteiger partial charge < -0.3 is 4.74 Å². The molecule has 0 radical (unpaired) electrons. The van der Waals surface area contributed by atoms with Crippen LogP contribution in [-0.2, 0) is 17.6 Å². The van der Waals surface area contributed by atoms with Gasteiger partial charge in [0.05, 0.1) is 6.10 Å². The number of rotatable bonds is 7. The fraction of sp³-hybridized carbons (Fsp3) is 0.778. The van der Waals surface area contributed by atoms with Crippen LogP contribution < -0.4 is 0 Å². The lowest BCUT2D eigenvalue weighted by atomic mass is 9.65. The van der Waals surface area contributed by atoms with Gasteiger partial charge in [-0.3, -0.25) is 0 Å². The Morgan fingerprint density at radius 3 is 2.57 bits per heavy atom. The van der Waals surface area contributed by atoms with Gasteiger partial charge in [0.1, 0.15) is 11.6 Å². The van der Waals surface area contributed by atoms with Gasteiger partial charge in [0.15, 0.2) is 0 Å². The lowest BCUT2D eigenvalue weighted by molar-refractivity contribution is -0.0162. The van der Waals surface area contributed by atoms with Gasteiger partial charge in [-0.1, -0.05) is 33.1 Å². The van der Waals surface area contributed by atoms with Gasteiger partial charge in [0.2, 0.25) is 0 Å². The molecule has 0 aliphatic heterocycles. The molecule has 5 atom stereocenters. The summed E-state index contributed by atoms with van der Waals surface area (Å²) in [7, 11) is 0. The third-order valence-corrected chi connectivity index (χ3v) is 8.28. The Morgan fingerprint density at radius 2 is 1.77 bits per heavy atom. The van der Waals surface area contributed by atoms with E-state index in [9.17, 15) is 0 Å². The average Bonchev–Trinajstić information content (AvgIpc) is 2.74. The summed E-state index contributed by atoms with van der Waals surface area (Å²) in [5.74, 6) is 1.47. The Hall–Kier alpha value is -0.960.